The SMILES string of the molecule is CS(=O)(=O)Nc1cccc(CNC(=O)C2CCC2)c1. The molecule has 6 heteroatoms. The molecule has 0 unspecified atom stereocenters. The largest absolute Gasteiger partial charge is 0.352 e. The van der Waals surface area contributed by atoms with Gasteiger partial charge in [-0.05, 0) is 30.5 Å². The topological polar surface area (TPSA) is 75.3 Å². The zero-order valence-electron chi connectivity index (χ0n) is 10.8. The molecule has 0 aliphatic heterocycles. The van der Waals surface area contributed by atoms with Gasteiger partial charge in [0, 0.05) is 18.2 Å². The van der Waals surface area contributed by atoms with E-state index in [1.807, 2.05) is 6.07 Å². The first-order chi connectivity index (χ1) is 8.94. The fourth-order valence-electron chi connectivity index (χ4n) is 1.96. The molecule has 2 N–H and O–H groups in total. The number of carbonyl (C=O) groups excluding carboxylic acids is 1. The number of rotatable bonds is 5. The molecular weight excluding hydrogens is 264 g/mol. The second-order valence-corrected chi connectivity index (χ2v) is 6.67. The lowest BCUT2D eigenvalue weighted by molar-refractivity contribution is -0.127. The van der Waals surface area contributed by atoms with Gasteiger partial charge in [-0.3, -0.25) is 9.52 Å². The second kappa shape index (κ2) is 5.61. The average molecular weight is 282 g/mol. The normalized spacial score (nSPS) is 15.6. The Hall–Kier alpha value is -1.56. The van der Waals surface area contributed by atoms with Gasteiger partial charge in [0.25, 0.3) is 0 Å². The lowest BCUT2D eigenvalue weighted by Gasteiger charge is -2.24. The van der Waals surface area contributed by atoms with Crippen LogP contribution in [0.25, 0.3) is 0 Å². The van der Waals surface area contributed by atoms with Crippen LogP contribution in [0.15, 0.2) is 24.3 Å². The molecule has 1 aliphatic carbocycles. The quantitative estimate of drug-likeness (QED) is 0.859. The summed E-state index contributed by atoms with van der Waals surface area (Å²) in [6.45, 7) is 0.425. The molecule has 0 aromatic heterocycles. The van der Waals surface area contributed by atoms with Crippen molar-refractivity contribution in [1.82, 2.24) is 5.32 Å². The molecule has 0 saturated heterocycles. The van der Waals surface area contributed by atoms with E-state index in [1.54, 1.807) is 18.2 Å². The maximum absolute atomic E-state index is 11.7. The number of amides is 1. The zero-order valence-corrected chi connectivity index (χ0v) is 11.7. The van der Waals surface area contributed by atoms with Crippen LogP contribution in [-0.4, -0.2) is 20.6 Å². The third kappa shape index (κ3) is 4.24. The van der Waals surface area contributed by atoms with E-state index in [-0.39, 0.29) is 11.8 Å². The van der Waals surface area contributed by atoms with Gasteiger partial charge >= 0.3 is 0 Å². The number of hydrogen-bond acceptors (Lipinski definition) is 3. The lowest BCUT2D eigenvalue weighted by Crippen LogP contribution is -2.33. The van der Waals surface area contributed by atoms with Crippen molar-refractivity contribution in [3.8, 4) is 0 Å². The zero-order chi connectivity index (χ0) is 13.9. The third-order valence-corrected chi connectivity index (χ3v) is 3.78. The first-order valence-electron chi connectivity index (χ1n) is 6.28. The van der Waals surface area contributed by atoms with E-state index in [0.29, 0.717) is 12.2 Å². The molecule has 0 radical (unpaired) electrons. The minimum atomic E-state index is -3.27. The molecule has 5 nitrogen and oxygen atoms in total. The highest BCUT2D eigenvalue weighted by Crippen LogP contribution is 2.26. The Morgan fingerprint density at radius 2 is 2.11 bits per heavy atom. The molecule has 1 amide bonds. The second-order valence-electron chi connectivity index (χ2n) is 4.92. The summed E-state index contributed by atoms with van der Waals surface area (Å²) in [7, 11) is -3.27. The minimum Gasteiger partial charge on any atom is -0.352 e. The summed E-state index contributed by atoms with van der Waals surface area (Å²) in [6.07, 6.45) is 4.19. The first-order valence-corrected chi connectivity index (χ1v) is 8.17. The number of hydrogen-bond donors (Lipinski definition) is 2. The van der Waals surface area contributed by atoms with E-state index >= 15 is 0 Å². The van der Waals surface area contributed by atoms with E-state index < -0.39 is 10.0 Å². The van der Waals surface area contributed by atoms with Crippen molar-refractivity contribution in [3.63, 3.8) is 0 Å². The summed E-state index contributed by atoms with van der Waals surface area (Å²) in [5, 5.41) is 2.87. The molecule has 104 valence electrons. The van der Waals surface area contributed by atoms with Gasteiger partial charge in [0.2, 0.25) is 15.9 Å². The highest BCUT2D eigenvalue weighted by atomic mass is 32.2. The maximum Gasteiger partial charge on any atom is 0.229 e. The van der Waals surface area contributed by atoms with Crippen LogP contribution in [0.4, 0.5) is 5.69 Å². The third-order valence-electron chi connectivity index (χ3n) is 3.17. The highest BCUT2D eigenvalue weighted by molar-refractivity contribution is 7.92. The molecule has 0 bridgehead atoms. The van der Waals surface area contributed by atoms with Crippen LogP contribution in [0.5, 0.6) is 0 Å². The minimum absolute atomic E-state index is 0.0905. The van der Waals surface area contributed by atoms with Crippen molar-refractivity contribution in [2.45, 2.75) is 25.8 Å². The highest BCUT2D eigenvalue weighted by Gasteiger charge is 2.24. The van der Waals surface area contributed by atoms with Crippen LogP contribution in [0.3, 0.4) is 0 Å². The Morgan fingerprint density at radius 1 is 1.37 bits per heavy atom. The Bertz CT molecular complexity index is 565. The first kappa shape index (κ1) is 13.9. The number of sulfonamides is 1. The van der Waals surface area contributed by atoms with Crippen molar-refractivity contribution in [2.24, 2.45) is 5.92 Å². The van der Waals surface area contributed by atoms with Gasteiger partial charge < -0.3 is 5.32 Å². The fourth-order valence-corrected chi connectivity index (χ4v) is 2.52. The number of anilines is 1. The fraction of sp³-hybridized carbons (Fsp3) is 0.462. The van der Waals surface area contributed by atoms with Crippen molar-refractivity contribution >= 4 is 21.6 Å². The maximum atomic E-state index is 11.7. The van der Waals surface area contributed by atoms with Gasteiger partial charge in [-0.25, -0.2) is 8.42 Å². The summed E-state index contributed by atoms with van der Waals surface area (Å²) in [6, 6.07) is 7.02. The molecule has 1 aromatic rings. The van der Waals surface area contributed by atoms with Crippen LogP contribution in [0.1, 0.15) is 24.8 Å². The van der Waals surface area contributed by atoms with Crippen molar-refractivity contribution < 1.29 is 13.2 Å². The van der Waals surface area contributed by atoms with Crippen LogP contribution < -0.4 is 10.0 Å². The van der Waals surface area contributed by atoms with Crippen molar-refractivity contribution in [2.75, 3.05) is 11.0 Å². The monoisotopic (exact) mass is 282 g/mol. The van der Waals surface area contributed by atoms with Gasteiger partial charge in [-0.15, -0.1) is 0 Å². The Morgan fingerprint density at radius 3 is 2.68 bits per heavy atom. The van der Waals surface area contributed by atoms with E-state index in [1.165, 1.54) is 0 Å². The van der Waals surface area contributed by atoms with Gasteiger partial charge in [-0.1, -0.05) is 18.6 Å². The Balaban J connectivity index is 1.93. The summed E-state index contributed by atoms with van der Waals surface area (Å²) in [5.74, 6) is 0.255. The van der Waals surface area contributed by atoms with Crippen molar-refractivity contribution in [3.05, 3.63) is 29.8 Å². The number of nitrogens with one attached hydrogen (secondary N) is 2. The van der Waals surface area contributed by atoms with Crippen LogP contribution in [-0.2, 0) is 21.4 Å². The molecule has 1 fully saturated rings. The molecule has 1 aliphatic rings. The Kier molecular flexibility index (Phi) is 4.09. The average Bonchev–Trinajstić information content (AvgIpc) is 2.22. The molecule has 1 saturated carbocycles. The van der Waals surface area contributed by atoms with E-state index in [0.717, 1.165) is 31.1 Å². The van der Waals surface area contributed by atoms with Crippen molar-refractivity contribution in [1.29, 1.82) is 0 Å². The van der Waals surface area contributed by atoms with E-state index in [2.05, 4.69) is 10.0 Å². The Labute approximate surface area is 113 Å². The lowest BCUT2D eigenvalue weighted by atomic mass is 9.85. The van der Waals surface area contributed by atoms with E-state index in [4.69, 9.17) is 0 Å². The molecule has 1 aromatic carbocycles. The summed E-state index contributed by atoms with van der Waals surface area (Å²) < 4.78 is 24.7. The predicted octanol–water partition coefficient (Wildman–Crippen LogP) is 1.47. The standard InChI is InChI=1S/C13H18N2O3S/c1-19(17,18)15-12-7-2-4-10(8-12)9-14-13(16)11-5-3-6-11/h2,4,7-8,11,15H,3,5-6,9H2,1H3,(H,14,16). The molecular formula is C13H18N2O3S. The molecule has 19 heavy (non-hydrogen) atoms. The number of benzene rings is 1. The van der Waals surface area contributed by atoms with Crippen LogP contribution in [0, 0.1) is 5.92 Å². The molecule has 0 atom stereocenters. The van der Waals surface area contributed by atoms with Gasteiger partial charge in [0.15, 0.2) is 0 Å². The smallest absolute Gasteiger partial charge is 0.229 e. The summed E-state index contributed by atoms with van der Waals surface area (Å²) in [4.78, 5) is 11.7. The van der Waals surface area contributed by atoms with E-state index in [9.17, 15) is 13.2 Å². The molecule has 2 rings (SSSR count). The predicted molar refractivity (Wildman–Crippen MR) is 74.1 cm³/mol. The summed E-state index contributed by atoms with van der Waals surface area (Å²) in [5.41, 5.74) is 1.39. The number of carbonyl (C=O) groups is 1. The molecule has 0 spiro atoms. The van der Waals surface area contributed by atoms with Gasteiger partial charge in [0.05, 0.1) is 6.26 Å². The summed E-state index contributed by atoms with van der Waals surface area (Å²) >= 11 is 0. The van der Waals surface area contributed by atoms with Gasteiger partial charge in [0.1, 0.15) is 0 Å². The van der Waals surface area contributed by atoms with Crippen LogP contribution >= 0.6 is 0 Å². The van der Waals surface area contributed by atoms with Gasteiger partial charge in [-0.2, -0.15) is 0 Å². The molecule has 0 heterocycles. The van der Waals surface area contributed by atoms with Crippen LogP contribution in [0.2, 0.25) is 0 Å².